The van der Waals surface area contributed by atoms with Crippen LogP contribution in [0.15, 0.2) is 48.2 Å². The van der Waals surface area contributed by atoms with Crippen LogP contribution in [0.2, 0.25) is 5.02 Å². The number of carbonyl (C=O) groups is 2. The van der Waals surface area contributed by atoms with Gasteiger partial charge in [0.05, 0.1) is 17.2 Å². The smallest absolute Gasteiger partial charge is 0.354 e. The highest BCUT2D eigenvalue weighted by molar-refractivity contribution is 6.34. The second kappa shape index (κ2) is 7.93. The molecule has 6 nitrogen and oxygen atoms in total. The van der Waals surface area contributed by atoms with E-state index in [2.05, 4.69) is 5.32 Å². The first-order valence-corrected chi connectivity index (χ1v) is 8.30. The highest BCUT2D eigenvalue weighted by Crippen LogP contribution is 2.33. The average Bonchev–Trinajstić information content (AvgIpc) is 3.09. The highest BCUT2D eigenvalue weighted by atomic mass is 35.5. The SMILES string of the molecule is CCOC(=O)C(=Cc1ccc2c(c1)OCO2)NC(=O)c1ccccc1Cl. The molecule has 0 aliphatic carbocycles. The van der Waals surface area contributed by atoms with Gasteiger partial charge in [0.25, 0.3) is 5.91 Å². The molecule has 0 aromatic heterocycles. The summed E-state index contributed by atoms with van der Waals surface area (Å²) in [6.07, 6.45) is 1.51. The summed E-state index contributed by atoms with van der Waals surface area (Å²) in [4.78, 5) is 24.7. The number of benzene rings is 2. The molecule has 0 saturated heterocycles. The molecule has 26 heavy (non-hydrogen) atoms. The molecular weight excluding hydrogens is 358 g/mol. The highest BCUT2D eigenvalue weighted by Gasteiger charge is 2.18. The zero-order valence-corrected chi connectivity index (χ0v) is 14.7. The Hall–Kier alpha value is -2.99. The van der Waals surface area contributed by atoms with Crippen LogP contribution in [0.1, 0.15) is 22.8 Å². The van der Waals surface area contributed by atoms with Crippen LogP contribution in [-0.4, -0.2) is 25.3 Å². The van der Waals surface area contributed by atoms with Gasteiger partial charge in [-0.2, -0.15) is 0 Å². The minimum atomic E-state index is -0.648. The van der Waals surface area contributed by atoms with Crippen LogP contribution >= 0.6 is 11.6 Å². The van der Waals surface area contributed by atoms with E-state index in [0.29, 0.717) is 17.1 Å². The molecule has 1 aliphatic heterocycles. The Labute approximate surface area is 155 Å². The predicted octanol–water partition coefficient (Wildman–Crippen LogP) is 3.40. The molecule has 2 aromatic rings. The Morgan fingerprint density at radius 2 is 1.96 bits per heavy atom. The van der Waals surface area contributed by atoms with E-state index in [9.17, 15) is 9.59 Å². The Bertz CT molecular complexity index is 878. The summed E-state index contributed by atoms with van der Waals surface area (Å²) in [7, 11) is 0. The number of ether oxygens (including phenoxy) is 3. The fourth-order valence-electron chi connectivity index (χ4n) is 2.36. The van der Waals surface area contributed by atoms with Gasteiger partial charge in [-0.25, -0.2) is 4.79 Å². The van der Waals surface area contributed by atoms with E-state index in [1.807, 2.05) is 0 Å². The summed E-state index contributed by atoms with van der Waals surface area (Å²) in [6, 6.07) is 11.8. The quantitative estimate of drug-likeness (QED) is 0.642. The third kappa shape index (κ3) is 3.97. The maximum atomic E-state index is 12.5. The van der Waals surface area contributed by atoms with Crippen molar-refractivity contribution in [3.05, 3.63) is 64.3 Å². The summed E-state index contributed by atoms with van der Waals surface area (Å²) in [5, 5.41) is 2.85. The monoisotopic (exact) mass is 373 g/mol. The van der Waals surface area contributed by atoms with Crippen molar-refractivity contribution in [3.8, 4) is 11.5 Å². The van der Waals surface area contributed by atoms with Crippen LogP contribution in [0.4, 0.5) is 0 Å². The number of rotatable bonds is 5. The van der Waals surface area contributed by atoms with Crippen molar-refractivity contribution >= 4 is 29.6 Å². The van der Waals surface area contributed by atoms with E-state index in [1.165, 1.54) is 6.08 Å². The molecular formula is C19H16ClNO5. The summed E-state index contributed by atoms with van der Waals surface area (Å²) >= 11 is 6.04. The van der Waals surface area contributed by atoms with Gasteiger partial charge in [0.15, 0.2) is 11.5 Å². The molecule has 0 fully saturated rings. The molecule has 7 heteroatoms. The molecule has 0 unspecified atom stereocenters. The van der Waals surface area contributed by atoms with Crippen molar-refractivity contribution in [2.75, 3.05) is 13.4 Å². The van der Waals surface area contributed by atoms with E-state index in [4.69, 9.17) is 25.8 Å². The third-order valence-corrected chi connectivity index (χ3v) is 3.90. The lowest BCUT2D eigenvalue weighted by Crippen LogP contribution is -2.28. The molecule has 134 valence electrons. The number of hydrogen-bond acceptors (Lipinski definition) is 5. The van der Waals surface area contributed by atoms with Crippen molar-refractivity contribution in [2.45, 2.75) is 6.92 Å². The lowest BCUT2D eigenvalue weighted by Gasteiger charge is -2.10. The summed E-state index contributed by atoms with van der Waals surface area (Å²) in [5.74, 6) is 0.0422. The lowest BCUT2D eigenvalue weighted by atomic mass is 10.1. The van der Waals surface area contributed by atoms with Gasteiger partial charge in [-0.15, -0.1) is 0 Å². The lowest BCUT2D eigenvalue weighted by molar-refractivity contribution is -0.138. The molecule has 1 aliphatic rings. The fraction of sp³-hybridized carbons (Fsp3) is 0.158. The molecule has 3 rings (SSSR count). The topological polar surface area (TPSA) is 73.9 Å². The number of fused-ring (bicyclic) bond motifs is 1. The van der Waals surface area contributed by atoms with Crippen molar-refractivity contribution in [1.82, 2.24) is 5.32 Å². The van der Waals surface area contributed by atoms with E-state index < -0.39 is 11.9 Å². The van der Waals surface area contributed by atoms with Gasteiger partial charge in [-0.3, -0.25) is 4.79 Å². The first-order valence-electron chi connectivity index (χ1n) is 7.93. The Kier molecular flexibility index (Phi) is 5.43. The Morgan fingerprint density at radius 1 is 1.19 bits per heavy atom. The molecule has 0 spiro atoms. The average molecular weight is 374 g/mol. The van der Waals surface area contributed by atoms with Crippen LogP contribution in [0.25, 0.3) is 6.08 Å². The standard InChI is InChI=1S/C19H16ClNO5/c1-2-24-19(23)15(21-18(22)13-5-3-4-6-14(13)20)9-12-7-8-16-17(10-12)26-11-25-16/h3-10H,2,11H2,1H3,(H,21,22). The number of esters is 1. The van der Waals surface area contributed by atoms with Crippen molar-refractivity contribution in [3.63, 3.8) is 0 Å². The van der Waals surface area contributed by atoms with E-state index in [0.717, 1.165) is 0 Å². The van der Waals surface area contributed by atoms with Crippen LogP contribution in [-0.2, 0) is 9.53 Å². The van der Waals surface area contributed by atoms with Crippen molar-refractivity contribution in [2.24, 2.45) is 0 Å². The van der Waals surface area contributed by atoms with Crippen LogP contribution in [0.5, 0.6) is 11.5 Å². The summed E-state index contributed by atoms with van der Waals surface area (Å²) < 4.78 is 15.6. The molecule has 1 N–H and O–H groups in total. The maximum absolute atomic E-state index is 12.5. The van der Waals surface area contributed by atoms with Gasteiger partial charge in [-0.05, 0) is 42.8 Å². The second-order valence-corrected chi connectivity index (χ2v) is 5.73. The van der Waals surface area contributed by atoms with Crippen molar-refractivity contribution in [1.29, 1.82) is 0 Å². The van der Waals surface area contributed by atoms with Crippen molar-refractivity contribution < 1.29 is 23.8 Å². The third-order valence-electron chi connectivity index (χ3n) is 3.57. The second-order valence-electron chi connectivity index (χ2n) is 5.33. The first kappa shape index (κ1) is 17.8. The summed E-state index contributed by atoms with van der Waals surface area (Å²) in [5.41, 5.74) is 0.905. The molecule has 2 aromatic carbocycles. The van der Waals surface area contributed by atoms with Crippen LogP contribution < -0.4 is 14.8 Å². The summed E-state index contributed by atoms with van der Waals surface area (Å²) in [6.45, 7) is 2.02. The maximum Gasteiger partial charge on any atom is 0.354 e. The van der Waals surface area contributed by atoms with Gasteiger partial charge < -0.3 is 19.5 Å². The molecule has 0 radical (unpaired) electrons. The van der Waals surface area contributed by atoms with Gasteiger partial charge in [0, 0.05) is 0 Å². The zero-order valence-electron chi connectivity index (χ0n) is 14.0. The molecule has 0 atom stereocenters. The van der Waals surface area contributed by atoms with E-state index in [1.54, 1.807) is 49.4 Å². The van der Waals surface area contributed by atoms with Crippen LogP contribution in [0.3, 0.4) is 0 Å². The van der Waals surface area contributed by atoms with Gasteiger partial charge in [0.2, 0.25) is 6.79 Å². The van der Waals surface area contributed by atoms with Gasteiger partial charge >= 0.3 is 5.97 Å². The normalized spacial score (nSPS) is 12.6. The molecule has 0 bridgehead atoms. The van der Waals surface area contributed by atoms with Crippen LogP contribution in [0, 0.1) is 0 Å². The largest absolute Gasteiger partial charge is 0.461 e. The Balaban J connectivity index is 1.89. The molecule has 1 heterocycles. The van der Waals surface area contributed by atoms with Gasteiger partial charge in [0.1, 0.15) is 5.70 Å². The zero-order chi connectivity index (χ0) is 18.5. The first-order chi connectivity index (χ1) is 12.6. The fourth-order valence-corrected chi connectivity index (χ4v) is 2.58. The molecule has 0 saturated carbocycles. The van der Waals surface area contributed by atoms with E-state index in [-0.39, 0.29) is 29.7 Å². The van der Waals surface area contributed by atoms with Gasteiger partial charge in [-0.1, -0.05) is 29.8 Å². The number of halogens is 1. The minimum Gasteiger partial charge on any atom is -0.461 e. The number of nitrogens with one attached hydrogen (secondary N) is 1. The number of carbonyl (C=O) groups excluding carboxylic acids is 2. The predicted molar refractivity (Wildman–Crippen MR) is 96.1 cm³/mol. The number of amides is 1. The Morgan fingerprint density at radius 3 is 2.73 bits per heavy atom. The molecule has 1 amide bonds. The minimum absolute atomic E-state index is 0.00404. The van der Waals surface area contributed by atoms with E-state index >= 15 is 0 Å². The number of hydrogen-bond donors (Lipinski definition) is 1.